The van der Waals surface area contributed by atoms with Crippen molar-refractivity contribution in [1.82, 2.24) is 14.7 Å². The van der Waals surface area contributed by atoms with Gasteiger partial charge in [0.15, 0.2) is 6.10 Å². The van der Waals surface area contributed by atoms with Crippen LogP contribution in [-0.4, -0.2) is 61.9 Å². The predicted octanol–water partition coefficient (Wildman–Crippen LogP) is -0.508. The van der Waals surface area contributed by atoms with E-state index in [-0.39, 0.29) is 31.4 Å². The molecule has 0 bridgehead atoms. The third-order valence-corrected chi connectivity index (χ3v) is 3.00. The molecule has 2 heterocycles. The van der Waals surface area contributed by atoms with Gasteiger partial charge < -0.3 is 24.9 Å². The number of amides is 1. The van der Waals surface area contributed by atoms with Crippen LogP contribution in [0, 0.1) is 10.1 Å². The number of carbonyl (C=O) groups excluding carboxylic acids is 1. The van der Waals surface area contributed by atoms with Gasteiger partial charge in [-0.2, -0.15) is 4.68 Å². The molecule has 2 rings (SSSR count). The number of carboxylic acid groups (broad SMARTS) is 1. The highest BCUT2D eigenvalue weighted by molar-refractivity contribution is 5.78. The number of rotatable bonds is 4. The molecule has 10 heteroatoms. The Morgan fingerprint density at radius 1 is 1.57 bits per heavy atom. The second-order valence-corrected chi connectivity index (χ2v) is 4.70. The van der Waals surface area contributed by atoms with E-state index >= 15 is 0 Å². The van der Waals surface area contributed by atoms with Gasteiger partial charge in [-0.05, 0) is 11.8 Å². The Labute approximate surface area is 119 Å². The summed E-state index contributed by atoms with van der Waals surface area (Å²) >= 11 is 0. The number of hydrogen-bond acceptors (Lipinski definition) is 6. The lowest BCUT2D eigenvalue weighted by molar-refractivity contribution is -0.389. The van der Waals surface area contributed by atoms with Crippen LogP contribution >= 0.6 is 0 Å². The van der Waals surface area contributed by atoms with Gasteiger partial charge in [-0.25, -0.2) is 4.79 Å². The quantitative estimate of drug-likeness (QED) is 0.585. The van der Waals surface area contributed by atoms with Crippen molar-refractivity contribution < 1.29 is 24.4 Å². The smallest absolute Gasteiger partial charge is 0.389 e. The Kier molecular flexibility index (Phi) is 4.17. The SMILES string of the molecule is C[C@@H]1CN(C(=O)Cn2ccc([N+](=O)[O-])n2)CC(C(=O)O)O1. The molecule has 2 atom stereocenters. The van der Waals surface area contributed by atoms with E-state index in [0.717, 1.165) is 4.68 Å². The summed E-state index contributed by atoms with van der Waals surface area (Å²) in [4.78, 5) is 34.3. The van der Waals surface area contributed by atoms with Crippen LogP contribution in [0.15, 0.2) is 12.3 Å². The van der Waals surface area contributed by atoms with Crippen LogP contribution < -0.4 is 0 Å². The van der Waals surface area contributed by atoms with Crippen molar-refractivity contribution in [3.63, 3.8) is 0 Å². The third kappa shape index (κ3) is 3.54. The summed E-state index contributed by atoms with van der Waals surface area (Å²) in [5.41, 5.74) is 0. The molecule has 1 aromatic heterocycles. The summed E-state index contributed by atoms with van der Waals surface area (Å²) in [6.07, 6.45) is -0.130. The van der Waals surface area contributed by atoms with E-state index < -0.39 is 23.1 Å². The highest BCUT2D eigenvalue weighted by atomic mass is 16.6. The minimum atomic E-state index is -1.13. The van der Waals surface area contributed by atoms with E-state index in [1.54, 1.807) is 6.92 Å². The molecular weight excluding hydrogens is 284 g/mol. The molecule has 1 aliphatic rings. The molecule has 0 aromatic carbocycles. The fourth-order valence-electron chi connectivity index (χ4n) is 2.07. The fourth-order valence-corrected chi connectivity index (χ4v) is 2.07. The molecule has 0 radical (unpaired) electrons. The molecule has 21 heavy (non-hydrogen) atoms. The fraction of sp³-hybridized carbons (Fsp3) is 0.545. The molecule has 10 nitrogen and oxygen atoms in total. The molecular formula is C11H14N4O6. The van der Waals surface area contributed by atoms with Gasteiger partial charge in [0.2, 0.25) is 5.91 Å². The van der Waals surface area contributed by atoms with Gasteiger partial charge >= 0.3 is 11.8 Å². The second-order valence-electron chi connectivity index (χ2n) is 4.70. The first kappa shape index (κ1) is 14.9. The number of nitrogens with zero attached hydrogens (tertiary/aromatic N) is 4. The number of carbonyl (C=O) groups is 2. The summed E-state index contributed by atoms with van der Waals surface area (Å²) in [6.45, 7) is 1.70. The van der Waals surface area contributed by atoms with Gasteiger partial charge in [0.05, 0.1) is 30.0 Å². The Hall–Kier alpha value is -2.49. The molecule has 1 N–H and O–H groups in total. The zero-order valence-electron chi connectivity index (χ0n) is 11.2. The average Bonchev–Trinajstić information content (AvgIpc) is 2.86. The van der Waals surface area contributed by atoms with Crippen molar-refractivity contribution in [3.05, 3.63) is 22.4 Å². The first-order valence-electron chi connectivity index (χ1n) is 6.20. The van der Waals surface area contributed by atoms with Gasteiger partial charge in [0, 0.05) is 6.54 Å². The Bertz CT molecular complexity index is 571. The van der Waals surface area contributed by atoms with E-state index in [2.05, 4.69) is 5.10 Å². The monoisotopic (exact) mass is 298 g/mol. The van der Waals surface area contributed by atoms with Crippen molar-refractivity contribution in [2.75, 3.05) is 13.1 Å². The van der Waals surface area contributed by atoms with Crippen LogP contribution in [0.4, 0.5) is 5.82 Å². The van der Waals surface area contributed by atoms with E-state index in [9.17, 15) is 19.7 Å². The highest BCUT2D eigenvalue weighted by Gasteiger charge is 2.33. The van der Waals surface area contributed by atoms with E-state index in [4.69, 9.17) is 9.84 Å². The Morgan fingerprint density at radius 3 is 2.86 bits per heavy atom. The standard InChI is InChI=1S/C11H14N4O6/c1-7-4-13(5-8(21-7)11(17)18)10(16)6-14-3-2-9(12-14)15(19)20/h2-3,7-8H,4-6H2,1H3,(H,17,18)/t7-,8?/m1/s1. The Morgan fingerprint density at radius 2 is 2.29 bits per heavy atom. The lowest BCUT2D eigenvalue weighted by Crippen LogP contribution is -2.52. The van der Waals surface area contributed by atoms with Crippen molar-refractivity contribution in [1.29, 1.82) is 0 Å². The summed E-state index contributed by atoms with van der Waals surface area (Å²) in [7, 11) is 0. The normalized spacial score (nSPS) is 22.0. The van der Waals surface area contributed by atoms with Gasteiger partial charge in [-0.3, -0.25) is 4.79 Å². The van der Waals surface area contributed by atoms with Crippen LogP contribution in [0.25, 0.3) is 0 Å². The van der Waals surface area contributed by atoms with Gasteiger partial charge in [-0.15, -0.1) is 0 Å². The molecule has 1 fully saturated rings. The maximum Gasteiger partial charge on any atom is 0.389 e. The number of hydrogen-bond donors (Lipinski definition) is 1. The molecule has 114 valence electrons. The van der Waals surface area contributed by atoms with Crippen molar-refractivity contribution in [2.45, 2.75) is 25.7 Å². The lowest BCUT2D eigenvalue weighted by Gasteiger charge is -2.34. The van der Waals surface area contributed by atoms with Crippen molar-refractivity contribution in [2.24, 2.45) is 0 Å². The summed E-state index contributed by atoms with van der Waals surface area (Å²) in [5.74, 6) is -1.84. The van der Waals surface area contributed by atoms with Crippen LogP contribution in [0.1, 0.15) is 6.92 Å². The number of aromatic nitrogens is 2. The summed E-state index contributed by atoms with van der Waals surface area (Å²) < 4.78 is 6.36. The van der Waals surface area contributed by atoms with Crippen LogP contribution in [0.2, 0.25) is 0 Å². The lowest BCUT2D eigenvalue weighted by atomic mass is 10.2. The van der Waals surface area contributed by atoms with Crippen LogP contribution in [0.3, 0.4) is 0 Å². The topological polar surface area (TPSA) is 128 Å². The molecule has 1 unspecified atom stereocenters. The summed E-state index contributed by atoms with van der Waals surface area (Å²) in [5, 5.41) is 23.1. The molecule has 0 aliphatic carbocycles. The zero-order valence-corrected chi connectivity index (χ0v) is 11.2. The maximum atomic E-state index is 12.1. The molecule has 1 aromatic rings. The second kappa shape index (κ2) is 5.87. The average molecular weight is 298 g/mol. The number of ether oxygens (including phenoxy) is 1. The van der Waals surface area contributed by atoms with Crippen molar-refractivity contribution in [3.8, 4) is 0 Å². The minimum Gasteiger partial charge on any atom is -0.479 e. The maximum absolute atomic E-state index is 12.1. The molecule has 1 saturated heterocycles. The molecule has 1 aliphatic heterocycles. The third-order valence-electron chi connectivity index (χ3n) is 3.00. The van der Waals surface area contributed by atoms with Gasteiger partial charge in [-0.1, -0.05) is 0 Å². The molecule has 1 amide bonds. The number of carboxylic acids is 1. The molecule has 0 saturated carbocycles. The highest BCUT2D eigenvalue weighted by Crippen LogP contribution is 2.13. The van der Waals surface area contributed by atoms with Gasteiger partial charge in [0.1, 0.15) is 6.54 Å². The summed E-state index contributed by atoms with van der Waals surface area (Å²) in [6, 6.07) is 1.19. The number of aliphatic carboxylic acids is 1. The van der Waals surface area contributed by atoms with Crippen LogP contribution in [0.5, 0.6) is 0 Å². The first-order valence-corrected chi connectivity index (χ1v) is 6.20. The van der Waals surface area contributed by atoms with E-state index in [1.165, 1.54) is 17.2 Å². The Balaban J connectivity index is 2.01. The van der Waals surface area contributed by atoms with Crippen LogP contribution in [-0.2, 0) is 20.9 Å². The largest absolute Gasteiger partial charge is 0.479 e. The van der Waals surface area contributed by atoms with E-state index in [1.807, 2.05) is 0 Å². The van der Waals surface area contributed by atoms with Crippen molar-refractivity contribution >= 4 is 17.7 Å². The zero-order chi connectivity index (χ0) is 15.6. The van der Waals surface area contributed by atoms with E-state index in [0.29, 0.717) is 0 Å². The predicted molar refractivity (Wildman–Crippen MR) is 67.4 cm³/mol. The van der Waals surface area contributed by atoms with Gasteiger partial charge in [0.25, 0.3) is 0 Å². The molecule has 0 spiro atoms. The number of nitro groups is 1. The first-order chi connectivity index (χ1) is 9.86. The number of morpholine rings is 1. The minimum absolute atomic E-state index is 0.0537.